The van der Waals surface area contributed by atoms with Gasteiger partial charge in [0.1, 0.15) is 0 Å². The summed E-state index contributed by atoms with van der Waals surface area (Å²) in [6.45, 7) is 8.11. The van der Waals surface area contributed by atoms with Gasteiger partial charge in [-0.3, -0.25) is 0 Å². The van der Waals surface area contributed by atoms with Crippen LogP contribution in [0.1, 0.15) is 26.2 Å². The molecule has 0 saturated carbocycles. The third kappa shape index (κ3) is 3.92. The molecule has 4 heteroatoms. The zero-order valence-corrected chi connectivity index (χ0v) is 11.9. The molecule has 3 atom stereocenters. The van der Waals surface area contributed by atoms with Crippen LogP contribution in [0.4, 0.5) is 0 Å². The predicted molar refractivity (Wildman–Crippen MR) is 72.9 cm³/mol. The van der Waals surface area contributed by atoms with E-state index in [0.717, 1.165) is 45.9 Å². The van der Waals surface area contributed by atoms with E-state index in [2.05, 4.69) is 24.2 Å². The first-order chi connectivity index (χ1) is 8.81. The van der Waals surface area contributed by atoms with Gasteiger partial charge in [-0.15, -0.1) is 0 Å². The summed E-state index contributed by atoms with van der Waals surface area (Å²) in [6, 6.07) is 1.24. The highest BCUT2D eigenvalue weighted by Crippen LogP contribution is 2.19. The van der Waals surface area contributed by atoms with Crippen molar-refractivity contribution in [1.82, 2.24) is 10.2 Å². The van der Waals surface area contributed by atoms with Crippen molar-refractivity contribution < 1.29 is 9.47 Å². The normalized spacial score (nSPS) is 33.2. The van der Waals surface area contributed by atoms with E-state index >= 15 is 0 Å². The van der Waals surface area contributed by atoms with Gasteiger partial charge in [0, 0.05) is 37.8 Å². The first-order valence-corrected chi connectivity index (χ1v) is 7.40. The Hall–Kier alpha value is -0.160. The van der Waals surface area contributed by atoms with Gasteiger partial charge >= 0.3 is 0 Å². The van der Waals surface area contributed by atoms with E-state index in [4.69, 9.17) is 9.47 Å². The van der Waals surface area contributed by atoms with Gasteiger partial charge in [-0.1, -0.05) is 6.92 Å². The molecule has 106 valence electrons. The fourth-order valence-electron chi connectivity index (χ4n) is 2.96. The van der Waals surface area contributed by atoms with Gasteiger partial charge in [-0.25, -0.2) is 0 Å². The Morgan fingerprint density at radius 2 is 1.94 bits per heavy atom. The maximum Gasteiger partial charge on any atom is 0.0622 e. The third-order valence-electron chi connectivity index (χ3n) is 4.18. The van der Waals surface area contributed by atoms with Crippen molar-refractivity contribution in [3.63, 3.8) is 0 Å². The Balaban J connectivity index is 1.80. The van der Waals surface area contributed by atoms with E-state index in [-0.39, 0.29) is 0 Å². The van der Waals surface area contributed by atoms with Crippen LogP contribution in [0.3, 0.4) is 0 Å². The van der Waals surface area contributed by atoms with E-state index in [1.807, 2.05) is 0 Å². The molecule has 0 amide bonds. The minimum Gasteiger partial charge on any atom is -0.381 e. The van der Waals surface area contributed by atoms with Crippen molar-refractivity contribution in [2.75, 3.05) is 46.6 Å². The molecular weight excluding hydrogens is 228 g/mol. The number of nitrogens with one attached hydrogen (secondary N) is 1. The minimum absolute atomic E-state index is 0.610. The monoisotopic (exact) mass is 256 g/mol. The van der Waals surface area contributed by atoms with Crippen LogP contribution >= 0.6 is 0 Å². The van der Waals surface area contributed by atoms with Crippen molar-refractivity contribution in [3.05, 3.63) is 0 Å². The molecule has 2 aliphatic rings. The van der Waals surface area contributed by atoms with Crippen LogP contribution in [0.5, 0.6) is 0 Å². The lowest BCUT2D eigenvalue weighted by Gasteiger charge is -2.36. The Kier molecular flexibility index (Phi) is 5.89. The molecule has 0 bridgehead atoms. The molecule has 0 aromatic rings. The Bertz CT molecular complexity index is 232. The van der Waals surface area contributed by atoms with Gasteiger partial charge in [0.15, 0.2) is 0 Å². The summed E-state index contributed by atoms with van der Waals surface area (Å²) < 4.78 is 11.1. The molecule has 0 aromatic carbocycles. The fraction of sp³-hybridized carbons (Fsp3) is 1.00. The smallest absolute Gasteiger partial charge is 0.0622 e. The zero-order valence-electron chi connectivity index (χ0n) is 11.9. The summed E-state index contributed by atoms with van der Waals surface area (Å²) >= 11 is 0. The lowest BCUT2D eigenvalue weighted by atomic mass is 9.94. The van der Waals surface area contributed by atoms with Crippen molar-refractivity contribution in [2.24, 2.45) is 5.92 Å². The molecule has 0 spiro atoms. The average molecular weight is 256 g/mol. The molecule has 18 heavy (non-hydrogen) atoms. The van der Waals surface area contributed by atoms with Crippen LogP contribution in [0, 0.1) is 5.92 Å². The molecule has 1 N–H and O–H groups in total. The summed E-state index contributed by atoms with van der Waals surface area (Å²) in [7, 11) is 2.23. The summed E-state index contributed by atoms with van der Waals surface area (Å²) in [6.07, 6.45) is 3.53. The molecule has 2 heterocycles. The molecule has 0 radical (unpaired) electrons. The highest BCUT2D eigenvalue weighted by atomic mass is 16.5. The van der Waals surface area contributed by atoms with E-state index in [1.54, 1.807) is 0 Å². The minimum atomic E-state index is 0.610. The lowest BCUT2D eigenvalue weighted by Crippen LogP contribution is -2.49. The van der Waals surface area contributed by atoms with E-state index in [1.165, 1.54) is 12.8 Å². The van der Waals surface area contributed by atoms with Crippen molar-refractivity contribution in [2.45, 2.75) is 38.3 Å². The number of rotatable bonds is 6. The first-order valence-electron chi connectivity index (χ1n) is 7.40. The third-order valence-corrected chi connectivity index (χ3v) is 4.18. The van der Waals surface area contributed by atoms with Gasteiger partial charge in [-0.2, -0.15) is 0 Å². The quantitative estimate of drug-likeness (QED) is 0.772. The second-order valence-electron chi connectivity index (χ2n) is 5.64. The van der Waals surface area contributed by atoms with Crippen molar-refractivity contribution in [1.29, 1.82) is 0 Å². The number of nitrogens with zero attached hydrogens (tertiary/aromatic N) is 1. The molecule has 4 nitrogen and oxygen atoms in total. The van der Waals surface area contributed by atoms with Crippen LogP contribution < -0.4 is 5.32 Å². The summed E-state index contributed by atoms with van der Waals surface area (Å²) in [5.74, 6) is 0.621. The molecule has 2 aliphatic heterocycles. The molecular formula is C14H28N2O2. The van der Waals surface area contributed by atoms with Gasteiger partial charge in [0.05, 0.1) is 13.2 Å². The zero-order chi connectivity index (χ0) is 12.8. The van der Waals surface area contributed by atoms with Crippen LogP contribution in [-0.2, 0) is 9.47 Å². The highest BCUT2D eigenvalue weighted by Gasteiger charge is 2.29. The maximum atomic E-state index is 5.66. The molecule has 2 saturated heterocycles. The lowest BCUT2D eigenvalue weighted by molar-refractivity contribution is 0.0138. The molecule has 2 fully saturated rings. The average Bonchev–Trinajstić information content (AvgIpc) is 2.91. The van der Waals surface area contributed by atoms with Gasteiger partial charge in [0.25, 0.3) is 0 Å². The molecule has 0 aromatic heterocycles. The van der Waals surface area contributed by atoms with Crippen LogP contribution in [0.2, 0.25) is 0 Å². The second-order valence-corrected chi connectivity index (χ2v) is 5.64. The summed E-state index contributed by atoms with van der Waals surface area (Å²) in [5, 5.41) is 3.68. The van der Waals surface area contributed by atoms with Crippen LogP contribution in [0.25, 0.3) is 0 Å². The highest BCUT2D eigenvalue weighted by molar-refractivity contribution is 4.84. The van der Waals surface area contributed by atoms with E-state index < -0.39 is 0 Å². The fourth-order valence-corrected chi connectivity index (χ4v) is 2.96. The molecule has 0 aliphatic carbocycles. The van der Waals surface area contributed by atoms with Gasteiger partial charge in [0.2, 0.25) is 0 Å². The summed E-state index contributed by atoms with van der Waals surface area (Å²) in [4.78, 5) is 2.47. The second kappa shape index (κ2) is 7.43. The topological polar surface area (TPSA) is 33.7 Å². The maximum absolute atomic E-state index is 5.66. The Morgan fingerprint density at radius 1 is 1.17 bits per heavy atom. The van der Waals surface area contributed by atoms with Gasteiger partial charge in [-0.05, 0) is 32.9 Å². The number of hydrogen-bond acceptors (Lipinski definition) is 4. The Labute approximate surface area is 111 Å². The van der Waals surface area contributed by atoms with E-state index in [0.29, 0.717) is 18.0 Å². The number of likely N-dealkylation sites (N-methyl/N-ethyl adjacent to an activating group) is 1. The van der Waals surface area contributed by atoms with Crippen molar-refractivity contribution >= 4 is 0 Å². The van der Waals surface area contributed by atoms with Crippen LogP contribution in [-0.4, -0.2) is 63.5 Å². The Morgan fingerprint density at radius 3 is 2.67 bits per heavy atom. The molecule has 3 unspecified atom stereocenters. The van der Waals surface area contributed by atoms with Crippen LogP contribution in [0.15, 0.2) is 0 Å². The predicted octanol–water partition coefficient (Wildman–Crippen LogP) is 1.11. The molecule has 2 rings (SSSR count). The van der Waals surface area contributed by atoms with Crippen molar-refractivity contribution in [3.8, 4) is 0 Å². The SMILES string of the molecule is CCCNC1CCOCC1CN(C)C1CCOC1. The van der Waals surface area contributed by atoms with E-state index in [9.17, 15) is 0 Å². The van der Waals surface area contributed by atoms with Gasteiger partial charge < -0.3 is 19.7 Å². The summed E-state index contributed by atoms with van der Waals surface area (Å²) in [5.41, 5.74) is 0. The standard InChI is InChI=1S/C14H28N2O2/c1-3-6-15-14-5-8-17-10-12(14)9-16(2)13-4-7-18-11-13/h12-15H,3-11H2,1-2H3. The number of ether oxygens (including phenoxy) is 2. The first kappa shape index (κ1) is 14.3. The largest absolute Gasteiger partial charge is 0.381 e. The number of hydrogen-bond donors (Lipinski definition) is 1.